The fourth-order valence-corrected chi connectivity index (χ4v) is 4.12. The van der Waals surface area contributed by atoms with Gasteiger partial charge < -0.3 is 20.4 Å². The minimum absolute atomic E-state index is 0.326. The second-order valence-corrected chi connectivity index (χ2v) is 8.00. The second kappa shape index (κ2) is 13.0. The van der Waals surface area contributed by atoms with E-state index in [0.29, 0.717) is 5.91 Å². The summed E-state index contributed by atoms with van der Waals surface area (Å²) in [4.78, 5) is 21.3. The highest BCUT2D eigenvalue weighted by atomic mass is 16.2. The Morgan fingerprint density at radius 3 is 2.70 bits per heavy atom. The summed E-state index contributed by atoms with van der Waals surface area (Å²) in [5.74, 6) is 1.23. The van der Waals surface area contributed by atoms with Crippen molar-refractivity contribution in [1.29, 1.82) is 0 Å². The molecule has 1 heterocycles. The Labute approximate surface area is 166 Å². The van der Waals surface area contributed by atoms with Crippen LogP contribution >= 0.6 is 0 Å². The standard InChI is InChI=1S/C21H41N5O/c1-3-22-21(24-15-18-25(2)19-11-6-4-7-12-19)23-14-10-17-26-16-9-5-8-13-20(26)27/h19H,3-18H2,1-2H3,(H2,22,23,24). The van der Waals surface area contributed by atoms with Crippen LogP contribution in [0.2, 0.25) is 0 Å². The van der Waals surface area contributed by atoms with Crippen molar-refractivity contribution in [3.8, 4) is 0 Å². The van der Waals surface area contributed by atoms with Gasteiger partial charge in [0.05, 0.1) is 0 Å². The van der Waals surface area contributed by atoms with Gasteiger partial charge in [-0.1, -0.05) is 25.7 Å². The smallest absolute Gasteiger partial charge is 0.222 e. The van der Waals surface area contributed by atoms with Crippen LogP contribution in [0.25, 0.3) is 0 Å². The number of guanidine groups is 1. The molecule has 0 unspecified atom stereocenters. The van der Waals surface area contributed by atoms with Gasteiger partial charge in [0.2, 0.25) is 5.91 Å². The fraction of sp³-hybridized carbons (Fsp3) is 0.905. The van der Waals surface area contributed by atoms with Gasteiger partial charge in [-0.25, -0.2) is 0 Å². The number of aliphatic imine (C=N–C) groups is 1. The zero-order valence-electron chi connectivity index (χ0n) is 17.6. The third-order valence-corrected chi connectivity index (χ3v) is 5.83. The van der Waals surface area contributed by atoms with E-state index in [2.05, 4.69) is 29.5 Å². The van der Waals surface area contributed by atoms with Gasteiger partial charge in [-0.15, -0.1) is 0 Å². The number of likely N-dealkylation sites (N-methyl/N-ethyl adjacent to an activating group) is 1. The molecule has 2 rings (SSSR count). The molecule has 1 aliphatic carbocycles. The Kier molecular flexibility index (Phi) is 10.6. The minimum Gasteiger partial charge on any atom is -0.357 e. The summed E-state index contributed by atoms with van der Waals surface area (Å²) in [6, 6.07) is 0.756. The maximum atomic E-state index is 12.0. The highest BCUT2D eigenvalue weighted by molar-refractivity contribution is 5.79. The SMILES string of the molecule is CCNC(=NCCCN1CCCCCC1=O)NCCN(C)C1CCCCC1. The lowest BCUT2D eigenvalue weighted by Gasteiger charge is -2.31. The number of nitrogens with one attached hydrogen (secondary N) is 2. The van der Waals surface area contributed by atoms with E-state index in [9.17, 15) is 4.79 Å². The molecule has 0 aromatic rings. The van der Waals surface area contributed by atoms with Gasteiger partial charge in [-0.2, -0.15) is 0 Å². The summed E-state index contributed by atoms with van der Waals surface area (Å²) in [7, 11) is 2.25. The number of nitrogens with zero attached hydrogens (tertiary/aromatic N) is 3. The molecule has 6 heteroatoms. The molecule has 1 amide bonds. The molecule has 2 fully saturated rings. The van der Waals surface area contributed by atoms with Crippen LogP contribution < -0.4 is 10.6 Å². The van der Waals surface area contributed by atoms with E-state index in [-0.39, 0.29) is 0 Å². The molecule has 1 saturated heterocycles. The van der Waals surface area contributed by atoms with Gasteiger partial charge in [0.15, 0.2) is 5.96 Å². The molecule has 6 nitrogen and oxygen atoms in total. The molecule has 0 atom stereocenters. The number of hydrogen-bond donors (Lipinski definition) is 2. The highest BCUT2D eigenvalue weighted by Crippen LogP contribution is 2.21. The van der Waals surface area contributed by atoms with Crippen molar-refractivity contribution >= 4 is 11.9 Å². The van der Waals surface area contributed by atoms with Crippen LogP contribution in [0.5, 0.6) is 0 Å². The van der Waals surface area contributed by atoms with Gasteiger partial charge in [0.25, 0.3) is 0 Å². The lowest BCUT2D eigenvalue weighted by Crippen LogP contribution is -2.43. The molecule has 27 heavy (non-hydrogen) atoms. The van der Waals surface area contributed by atoms with Gasteiger partial charge >= 0.3 is 0 Å². The summed E-state index contributed by atoms with van der Waals surface area (Å²) in [6.07, 6.45) is 11.9. The predicted molar refractivity (Wildman–Crippen MR) is 113 cm³/mol. The van der Waals surface area contributed by atoms with Crippen molar-refractivity contribution in [2.75, 3.05) is 46.3 Å². The predicted octanol–water partition coefficient (Wildman–Crippen LogP) is 2.60. The van der Waals surface area contributed by atoms with Gasteiger partial charge in [0.1, 0.15) is 0 Å². The van der Waals surface area contributed by atoms with E-state index in [1.54, 1.807) is 0 Å². The number of carbonyl (C=O) groups is 1. The molecule has 2 N–H and O–H groups in total. The van der Waals surface area contributed by atoms with E-state index in [0.717, 1.165) is 77.0 Å². The second-order valence-electron chi connectivity index (χ2n) is 8.00. The topological polar surface area (TPSA) is 60.0 Å². The summed E-state index contributed by atoms with van der Waals surface area (Å²) in [5, 5.41) is 6.80. The molecule has 1 saturated carbocycles. The summed E-state index contributed by atoms with van der Waals surface area (Å²) in [5.41, 5.74) is 0. The summed E-state index contributed by atoms with van der Waals surface area (Å²) >= 11 is 0. The van der Waals surface area contributed by atoms with Crippen molar-refractivity contribution in [2.24, 2.45) is 4.99 Å². The number of hydrogen-bond acceptors (Lipinski definition) is 3. The van der Waals surface area contributed by atoms with E-state index in [4.69, 9.17) is 4.99 Å². The van der Waals surface area contributed by atoms with E-state index >= 15 is 0 Å². The molecular formula is C21H41N5O. The molecule has 2 aliphatic rings. The largest absolute Gasteiger partial charge is 0.357 e. The first kappa shape index (κ1) is 22.0. The lowest BCUT2D eigenvalue weighted by atomic mass is 9.94. The first-order valence-corrected chi connectivity index (χ1v) is 11.2. The third-order valence-electron chi connectivity index (χ3n) is 5.83. The summed E-state index contributed by atoms with van der Waals surface area (Å²) in [6.45, 7) is 7.47. The van der Waals surface area contributed by atoms with Gasteiger partial charge in [-0.3, -0.25) is 9.79 Å². The highest BCUT2D eigenvalue weighted by Gasteiger charge is 2.17. The van der Waals surface area contributed by atoms with Crippen molar-refractivity contribution < 1.29 is 4.79 Å². The number of rotatable bonds is 9. The van der Waals surface area contributed by atoms with Crippen LogP contribution in [-0.4, -0.2) is 74.0 Å². The number of likely N-dealkylation sites (tertiary alicyclic amines) is 1. The molecule has 1 aliphatic heterocycles. The maximum Gasteiger partial charge on any atom is 0.222 e. The quantitative estimate of drug-likeness (QED) is 0.367. The molecule has 156 valence electrons. The van der Waals surface area contributed by atoms with Crippen LogP contribution in [0, 0.1) is 0 Å². The molecule has 0 bridgehead atoms. The third kappa shape index (κ3) is 8.50. The van der Waals surface area contributed by atoms with Crippen molar-refractivity contribution in [2.45, 2.75) is 77.2 Å². The van der Waals surface area contributed by atoms with Crippen LogP contribution in [0.3, 0.4) is 0 Å². The van der Waals surface area contributed by atoms with Crippen LogP contribution in [0.1, 0.15) is 71.1 Å². The molecule has 0 radical (unpaired) electrons. The monoisotopic (exact) mass is 379 g/mol. The van der Waals surface area contributed by atoms with Crippen molar-refractivity contribution in [3.05, 3.63) is 0 Å². The Bertz CT molecular complexity index is 448. The van der Waals surface area contributed by atoms with Gasteiger partial charge in [0, 0.05) is 51.7 Å². The van der Waals surface area contributed by atoms with Crippen LogP contribution in [0.4, 0.5) is 0 Å². The van der Waals surface area contributed by atoms with E-state index in [1.807, 2.05) is 4.90 Å². The molecule has 0 aromatic heterocycles. The van der Waals surface area contributed by atoms with Crippen LogP contribution in [-0.2, 0) is 4.79 Å². The molecular weight excluding hydrogens is 338 g/mol. The summed E-state index contributed by atoms with van der Waals surface area (Å²) < 4.78 is 0. The number of carbonyl (C=O) groups excluding carboxylic acids is 1. The normalized spacial score (nSPS) is 20.0. The Hall–Kier alpha value is -1.30. The van der Waals surface area contributed by atoms with Crippen LogP contribution in [0.15, 0.2) is 4.99 Å². The Morgan fingerprint density at radius 1 is 1.15 bits per heavy atom. The first-order chi connectivity index (χ1) is 13.2. The van der Waals surface area contributed by atoms with Crippen molar-refractivity contribution in [3.63, 3.8) is 0 Å². The van der Waals surface area contributed by atoms with Crippen molar-refractivity contribution in [1.82, 2.24) is 20.4 Å². The van der Waals surface area contributed by atoms with E-state index in [1.165, 1.54) is 38.5 Å². The zero-order chi connectivity index (χ0) is 19.3. The Balaban J connectivity index is 1.66. The molecule has 0 spiro atoms. The fourth-order valence-electron chi connectivity index (χ4n) is 4.12. The maximum absolute atomic E-state index is 12.0. The van der Waals surface area contributed by atoms with Gasteiger partial charge in [-0.05, 0) is 46.1 Å². The zero-order valence-corrected chi connectivity index (χ0v) is 17.6. The minimum atomic E-state index is 0.326. The lowest BCUT2D eigenvalue weighted by molar-refractivity contribution is -0.130. The van der Waals surface area contributed by atoms with E-state index < -0.39 is 0 Å². The average Bonchev–Trinajstić information content (AvgIpc) is 2.90. The molecule has 0 aromatic carbocycles. The Morgan fingerprint density at radius 2 is 1.93 bits per heavy atom. The first-order valence-electron chi connectivity index (χ1n) is 11.2. The average molecular weight is 380 g/mol. The number of amides is 1.